The highest BCUT2D eigenvalue weighted by Gasteiger charge is 2.20. The van der Waals surface area contributed by atoms with Crippen molar-refractivity contribution in [1.29, 1.82) is 0 Å². The van der Waals surface area contributed by atoms with Crippen molar-refractivity contribution in [3.05, 3.63) is 194 Å². The lowest BCUT2D eigenvalue weighted by molar-refractivity contribution is 0.669. The molecule has 3 nitrogen and oxygen atoms in total. The van der Waals surface area contributed by atoms with E-state index in [0.29, 0.717) is 0 Å². The summed E-state index contributed by atoms with van der Waals surface area (Å²) in [5, 5.41) is 12.4. The summed E-state index contributed by atoms with van der Waals surface area (Å²) < 4.78 is 11.2. The molecule has 0 fully saturated rings. The lowest BCUT2D eigenvalue weighted by Crippen LogP contribution is -1.97. The van der Waals surface area contributed by atoms with E-state index in [2.05, 4.69) is 203 Å². The molecule has 0 radical (unpaired) electrons. The number of hydrogen-bond acceptors (Lipinski definition) is 1. The number of hydrogen-bond donors (Lipinski definition) is 0. The van der Waals surface area contributed by atoms with Crippen LogP contribution in [0.2, 0.25) is 0 Å². The van der Waals surface area contributed by atoms with E-state index in [1.165, 1.54) is 104 Å². The van der Waals surface area contributed by atoms with Crippen LogP contribution >= 0.6 is 0 Å². The average molecular weight is 725 g/mol. The van der Waals surface area contributed by atoms with Gasteiger partial charge in [-0.05, 0) is 111 Å². The molecule has 0 bridgehead atoms. The van der Waals surface area contributed by atoms with Crippen LogP contribution in [0.4, 0.5) is 0 Å². The molecule has 0 aliphatic carbocycles. The second-order valence-electron chi connectivity index (χ2n) is 15.2. The first-order chi connectivity index (χ1) is 28.3. The van der Waals surface area contributed by atoms with E-state index in [9.17, 15) is 0 Å². The zero-order valence-electron chi connectivity index (χ0n) is 30.8. The van der Waals surface area contributed by atoms with E-state index in [4.69, 9.17) is 4.42 Å². The summed E-state index contributed by atoms with van der Waals surface area (Å²) in [5.74, 6) is 0. The van der Waals surface area contributed by atoms with Crippen LogP contribution in [0, 0.1) is 0 Å². The van der Waals surface area contributed by atoms with Crippen molar-refractivity contribution >= 4 is 87.1 Å². The van der Waals surface area contributed by atoms with Gasteiger partial charge in [-0.2, -0.15) is 0 Å². The first-order valence-corrected chi connectivity index (χ1v) is 19.6. The molecular formula is C54H32N2O. The Balaban J connectivity index is 0.998. The Hall–Kier alpha value is -7.62. The van der Waals surface area contributed by atoms with Gasteiger partial charge in [-0.3, -0.25) is 0 Å². The molecule has 0 atom stereocenters. The molecule has 0 spiro atoms. The first-order valence-electron chi connectivity index (χ1n) is 19.6. The van der Waals surface area contributed by atoms with Crippen LogP contribution in [-0.4, -0.2) is 9.13 Å². The van der Waals surface area contributed by atoms with E-state index < -0.39 is 0 Å². The second-order valence-corrected chi connectivity index (χ2v) is 15.2. The van der Waals surface area contributed by atoms with E-state index in [1.54, 1.807) is 0 Å². The Labute approximate surface area is 327 Å². The standard InChI is InChI=1S/C54H32N2O/c1-2-12-36(13-3-1)55-47-20-8-5-15-39(47)44-30-33(25-28-49(44)55)34-26-29-50-45(31-34)40-16-6-9-21-48(40)56(50)46-19-7-4-14-37(46)35-24-27-38-41-17-10-22-51-53(41)54-42(43(38)32-35)18-11-23-52(54)57-51/h1-32H. The highest BCUT2D eigenvalue weighted by molar-refractivity contribution is 6.33. The molecule has 0 saturated heterocycles. The molecule has 3 heteroatoms. The third-order valence-electron chi connectivity index (χ3n) is 12.3. The monoisotopic (exact) mass is 724 g/mol. The molecule has 0 aliphatic rings. The number of fused-ring (bicyclic) bond motifs is 9. The number of rotatable bonds is 4. The van der Waals surface area contributed by atoms with Gasteiger partial charge in [-0.25, -0.2) is 0 Å². The first kappa shape index (κ1) is 30.7. The smallest absolute Gasteiger partial charge is 0.136 e. The van der Waals surface area contributed by atoms with Crippen molar-refractivity contribution in [2.75, 3.05) is 0 Å². The lowest BCUT2D eigenvalue weighted by atomic mass is 9.92. The molecule has 0 N–H and O–H groups in total. The average Bonchev–Trinajstić information content (AvgIpc) is 3.94. The Bertz CT molecular complexity index is 3750. The van der Waals surface area contributed by atoms with Crippen LogP contribution in [0.1, 0.15) is 0 Å². The number of furan rings is 1. The summed E-state index contributed by atoms with van der Waals surface area (Å²) in [4.78, 5) is 0. The van der Waals surface area contributed by atoms with Gasteiger partial charge in [-0.15, -0.1) is 0 Å². The molecule has 264 valence electrons. The summed E-state index contributed by atoms with van der Waals surface area (Å²) in [5.41, 5.74) is 13.8. The van der Waals surface area contributed by atoms with Crippen molar-refractivity contribution < 1.29 is 4.42 Å². The van der Waals surface area contributed by atoms with Gasteiger partial charge >= 0.3 is 0 Å². The quantitative estimate of drug-likeness (QED) is 0.166. The molecule has 0 amide bonds. The molecule has 10 aromatic carbocycles. The molecule has 3 heterocycles. The SMILES string of the molecule is c1ccc(-n2c3ccccc3c3cc(-c4ccc5c(c4)c4ccccc4n5-c4ccccc4-c4ccc5c(c4)c4cccc6oc7cccc5c7c64)ccc32)cc1. The minimum Gasteiger partial charge on any atom is -0.456 e. The van der Waals surface area contributed by atoms with E-state index in [-0.39, 0.29) is 0 Å². The minimum absolute atomic E-state index is 0.940. The summed E-state index contributed by atoms with van der Waals surface area (Å²) in [6.45, 7) is 0. The number of nitrogens with zero attached hydrogens (tertiary/aromatic N) is 2. The highest BCUT2D eigenvalue weighted by atomic mass is 16.3. The summed E-state index contributed by atoms with van der Waals surface area (Å²) in [6, 6.07) is 70.8. The van der Waals surface area contributed by atoms with Crippen LogP contribution < -0.4 is 0 Å². The summed E-state index contributed by atoms with van der Waals surface area (Å²) >= 11 is 0. The van der Waals surface area contributed by atoms with Crippen molar-refractivity contribution in [1.82, 2.24) is 9.13 Å². The second kappa shape index (κ2) is 11.5. The molecule has 0 aliphatic heterocycles. The van der Waals surface area contributed by atoms with Crippen molar-refractivity contribution in [2.45, 2.75) is 0 Å². The Morgan fingerprint density at radius 2 is 0.807 bits per heavy atom. The summed E-state index contributed by atoms with van der Waals surface area (Å²) in [7, 11) is 0. The van der Waals surface area contributed by atoms with Crippen LogP contribution in [0.15, 0.2) is 199 Å². The number of para-hydroxylation sites is 4. The maximum atomic E-state index is 6.34. The fourth-order valence-corrected chi connectivity index (χ4v) is 9.82. The predicted octanol–water partition coefficient (Wildman–Crippen LogP) is 14.9. The van der Waals surface area contributed by atoms with Crippen LogP contribution in [0.5, 0.6) is 0 Å². The van der Waals surface area contributed by atoms with E-state index in [0.717, 1.165) is 16.9 Å². The van der Waals surface area contributed by atoms with Crippen molar-refractivity contribution in [2.24, 2.45) is 0 Å². The Morgan fingerprint density at radius 3 is 1.51 bits per heavy atom. The minimum atomic E-state index is 0.940. The zero-order chi connectivity index (χ0) is 37.2. The van der Waals surface area contributed by atoms with Gasteiger partial charge in [0.1, 0.15) is 11.2 Å². The summed E-state index contributed by atoms with van der Waals surface area (Å²) in [6.07, 6.45) is 0. The van der Waals surface area contributed by atoms with Gasteiger partial charge < -0.3 is 13.6 Å². The molecule has 57 heavy (non-hydrogen) atoms. The maximum absolute atomic E-state index is 6.34. The normalized spacial score (nSPS) is 12.2. The van der Waals surface area contributed by atoms with Gasteiger partial charge in [0.25, 0.3) is 0 Å². The van der Waals surface area contributed by atoms with Gasteiger partial charge in [0.2, 0.25) is 0 Å². The third-order valence-corrected chi connectivity index (χ3v) is 12.3. The zero-order valence-corrected chi connectivity index (χ0v) is 30.8. The fraction of sp³-hybridized carbons (Fsp3) is 0. The van der Waals surface area contributed by atoms with Crippen molar-refractivity contribution in [3.8, 4) is 33.6 Å². The van der Waals surface area contributed by atoms with Crippen LogP contribution in [0.25, 0.3) is 121 Å². The van der Waals surface area contributed by atoms with Gasteiger partial charge in [0.05, 0.1) is 27.8 Å². The van der Waals surface area contributed by atoms with Crippen molar-refractivity contribution in [3.63, 3.8) is 0 Å². The molecule has 13 aromatic rings. The lowest BCUT2D eigenvalue weighted by Gasteiger charge is -2.15. The van der Waals surface area contributed by atoms with Crippen LogP contribution in [-0.2, 0) is 0 Å². The molecule has 0 saturated carbocycles. The molecular weight excluding hydrogens is 693 g/mol. The molecule has 0 unspecified atom stereocenters. The Kier molecular flexibility index (Phi) is 6.16. The Morgan fingerprint density at radius 1 is 0.298 bits per heavy atom. The van der Waals surface area contributed by atoms with Gasteiger partial charge in [0, 0.05) is 43.6 Å². The highest BCUT2D eigenvalue weighted by Crippen LogP contribution is 2.45. The number of benzene rings is 10. The largest absolute Gasteiger partial charge is 0.456 e. The molecule has 13 rings (SSSR count). The fourth-order valence-electron chi connectivity index (χ4n) is 9.82. The predicted molar refractivity (Wildman–Crippen MR) is 239 cm³/mol. The van der Waals surface area contributed by atoms with E-state index in [1.807, 2.05) is 0 Å². The van der Waals surface area contributed by atoms with Crippen LogP contribution in [0.3, 0.4) is 0 Å². The van der Waals surface area contributed by atoms with Gasteiger partial charge in [0.15, 0.2) is 0 Å². The van der Waals surface area contributed by atoms with E-state index >= 15 is 0 Å². The maximum Gasteiger partial charge on any atom is 0.136 e. The van der Waals surface area contributed by atoms with Gasteiger partial charge in [-0.1, -0.05) is 121 Å². The number of aromatic nitrogens is 2. The third kappa shape index (κ3) is 4.26. The molecule has 3 aromatic heterocycles. The topological polar surface area (TPSA) is 23.0 Å².